The quantitative estimate of drug-likeness (QED) is 0.880. The second kappa shape index (κ2) is 6.59. The summed E-state index contributed by atoms with van der Waals surface area (Å²) in [7, 11) is 0. The molecule has 3 nitrogen and oxygen atoms in total. The van der Waals surface area contributed by atoms with Crippen molar-refractivity contribution in [2.75, 3.05) is 11.9 Å². The van der Waals surface area contributed by atoms with E-state index in [1.165, 1.54) is 24.0 Å². The summed E-state index contributed by atoms with van der Waals surface area (Å²) in [5, 5.41) is 5.70. The van der Waals surface area contributed by atoms with Crippen LogP contribution in [0.4, 0.5) is 10.5 Å². The van der Waals surface area contributed by atoms with E-state index in [-0.39, 0.29) is 6.03 Å². The van der Waals surface area contributed by atoms with Crippen LogP contribution in [0.1, 0.15) is 24.0 Å². The largest absolute Gasteiger partial charge is 0.334 e. The molecule has 0 bridgehead atoms. The summed E-state index contributed by atoms with van der Waals surface area (Å²) >= 11 is 3.16. The highest BCUT2D eigenvalue weighted by atomic mass is 79.9. The first kappa shape index (κ1) is 13.1. The number of urea groups is 1. The molecule has 0 saturated heterocycles. The first-order valence-corrected chi connectivity index (χ1v) is 7.13. The maximum absolute atomic E-state index is 11.7. The van der Waals surface area contributed by atoms with Crippen LogP contribution in [0, 0.1) is 0 Å². The Balaban J connectivity index is 2.02. The fourth-order valence-corrected chi connectivity index (χ4v) is 2.45. The third-order valence-corrected chi connectivity index (χ3v) is 3.49. The molecule has 2 amide bonds. The van der Waals surface area contributed by atoms with Crippen LogP contribution >= 0.6 is 15.9 Å². The van der Waals surface area contributed by atoms with Gasteiger partial charge in [-0.05, 0) is 47.9 Å². The Labute approximate surface area is 116 Å². The topological polar surface area (TPSA) is 41.1 Å². The van der Waals surface area contributed by atoms with Gasteiger partial charge in [0, 0.05) is 12.2 Å². The smallest absolute Gasteiger partial charge is 0.319 e. The van der Waals surface area contributed by atoms with Crippen molar-refractivity contribution >= 4 is 27.6 Å². The Hall–Kier alpha value is -1.29. The van der Waals surface area contributed by atoms with Crippen LogP contribution in [0.5, 0.6) is 0 Å². The third kappa shape index (κ3) is 3.35. The van der Waals surface area contributed by atoms with E-state index in [1.807, 2.05) is 18.2 Å². The predicted octanol–water partition coefficient (Wildman–Crippen LogP) is 3.60. The van der Waals surface area contributed by atoms with E-state index in [4.69, 9.17) is 0 Å². The van der Waals surface area contributed by atoms with E-state index in [0.717, 1.165) is 18.5 Å². The third-order valence-electron chi connectivity index (χ3n) is 3.11. The van der Waals surface area contributed by atoms with Crippen LogP contribution in [0.15, 0.2) is 29.3 Å². The van der Waals surface area contributed by atoms with Crippen LogP contribution in [-0.2, 0) is 12.8 Å². The summed E-state index contributed by atoms with van der Waals surface area (Å²) in [6.45, 7) is 0.520. The minimum atomic E-state index is -0.153. The van der Waals surface area contributed by atoms with Gasteiger partial charge < -0.3 is 10.6 Å². The van der Waals surface area contributed by atoms with Crippen molar-refractivity contribution in [3.05, 3.63) is 40.4 Å². The zero-order chi connectivity index (χ0) is 12.8. The van der Waals surface area contributed by atoms with Crippen molar-refractivity contribution in [1.82, 2.24) is 5.32 Å². The molecule has 96 valence electrons. The number of aryl methyl sites for hydroxylation is 1. The molecule has 0 aliphatic heterocycles. The van der Waals surface area contributed by atoms with Gasteiger partial charge in [0.2, 0.25) is 0 Å². The van der Waals surface area contributed by atoms with Crippen LogP contribution < -0.4 is 10.6 Å². The van der Waals surface area contributed by atoms with Crippen LogP contribution in [0.25, 0.3) is 0 Å². The second-order valence-electron chi connectivity index (χ2n) is 4.35. The molecule has 1 aromatic rings. The van der Waals surface area contributed by atoms with E-state index in [0.29, 0.717) is 6.54 Å². The molecule has 0 unspecified atom stereocenters. The Morgan fingerprint density at radius 3 is 3.00 bits per heavy atom. The van der Waals surface area contributed by atoms with E-state index in [1.54, 1.807) is 4.99 Å². The average Bonchev–Trinajstić information content (AvgIpc) is 2.39. The number of amides is 2. The van der Waals surface area contributed by atoms with Gasteiger partial charge in [-0.1, -0.05) is 34.1 Å². The Bertz CT molecular complexity index is 457. The first-order chi connectivity index (χ1) is 8.81. The SMILES string of the molecule is O=C(NC/C=C/Br)Nc1cccc2c1CCCC2. The van der Waals surface area contributed by atoms with E-state index in [2.05, 4.69) is 32.6 Å². The molecule has 2 N–H and O–H groups in total. The normalized spacial score (nSPS) is 14.3. The molecule has 1 aromatic carbocycles. The summed E-state index contributed by atoms with van der Waals surface area (Å²) in [5.74, 6) is 0. The molecule has 0 fully saturated rings. The lowest BCUT2D eigenvalue weighted by Gasteiger charge is -2.19. The number of rotatable bonds is 3. The number of nitrogens with one attached hydrogen (secondary N) is 2. The number of hydrogen-bond acceptors (Lipinski definition) is 1. The zero-order valence-corrected chi connectivity index (χ0v) is 11.8. The number of carbonyl (C=O) groups excluding carboxylic acids is 1. The van der Waals surface area contributed by atoms with Gasteiger partial charge in [-0.3, -0.25) is 0 Å². The first-order valence-electron chi connectivity index (χ1n) is 6.22. The lowest BCUT2D eigenvalue weighted by Crippen LogP contribution is -2.29. The average molecular weight is 309 g/mol. The summed E-state index contributed by atoms with van der Waals surface area (Å²) < 4.78 is 0. The summed E-state index contributed by atoms with van der Waals surface area (Å²) in [6, 6.07) is 5.99. The monoisotopic (exact) mass is 308 g/mol. The Kier molecular flexibility index (Phi) is 4.81. The molecule has 0 saturated carbocycles. The molecular formula is C14H17BrN2O. The van der Waals surface area contributed by atoms with Crippen molar-refractivity contribution < 1.29 is 4.79 Å². The number of fused-ring (bicyclic) bond motifs is 1. The minimum absolute atomic E-state index is 0.153. The van der Waals surface area contributed by atoms with Crippen LogP contribution in [0.3, 0.4) is 0 Å². The molecule has 2 rings (SSSR count). The van der Waals surface area contributed by atoms with Gasteiger partial charge in [-0.25, -0.2) is 4.79 Å². The molecule has 4 heteroatoms. The van der Waals surface area contributed by atoms with Gasteiger partial charge in [0.15, 0.2) is 0 Å². The van der Waals surface area contributed by atoms with Crippen molar-refractivity contribution in [3.63, 3.8) is 0 Å². The maximum atomic E-state index is 11.7. The van der Waals surface area contributed by atoms with Crippen LogP contribution in [-0.4, -0.2) is 12.6 Å². The number of hydrogen-bond donors (Lipinski definition) is 2. The van der Waals surface area contributed by atoms with Crippen molar-refractivity contribution in [2.24, 2.45) is 0 Å². The van der Waals surface area contributed by atoms with Gasteiger partial charge in [-0.2, -0.15) is 0 Å². The van der Waals surface area contributed by atoms with E-state index < -0.39 is 0 Å². The van der Waals surface area contributed by atoms with Gasteiger partial charge in [-0.15, -0.1) is 0 Å². The number of benzene rings is 1. The van der Waals surface area contributed by atoms with Crippen molar-refractivity contribution in [2.45, 2.75) is 25.7 Å². The Morgan fingerprint density at radius 2 is 2.17 bits per heavy atom. The van der Waals surface area contributed by atoms with Gasteiger partial charge >= 0.3 is 6.03 Å². The second-order valence-corrected chi connectivity index (χ2v) is 4.88. The molecule has 0 atom stereocenters. The molecule has 18 heavy (non-hydrogen) atoms. The molecule has 0 heterocycles. The standard InChI is InChI=1S/C14H17BrN2O/c15-9-4-10-16-14(18)17-13-8-3-6-11-5-1-2-7-12(11)13/h3-4,6,8-9H,1-2,5,7,10H2,(H2,16,17,18)/b9-4+. The minimum Gasteiger partial charge on any atom is -0.334 e. The van der Waals surface area contributed by atoms with Gasteiger partial charge in [0.1, 0.15) is 0 Å². The zero-order valence-electron chi connectivity index (χ0n) is 10.2. The highest BCUT2D eigenvalue weighted by molar-refractivity contribution is 9.11. The fraction of sp³-hybridized carbons (Fsp3) is 0.357. The van der Waals surface area contributed by atoms with Crippen molar-refractivity contribution in [3.8, 4) is 0 Å². The highest BCUT2D eigenvalue weighted by Gasteiger charge is 2.13. The van der Waals surface area contributed by atoms with E-state index in [9.17, 15) is 4.79 Å². The van der Waals surface area contributed by atoms with E-state index >= 15 is 0 Å². The fourth-order valence-electron chi connectivity index (χ4n) is 2.26. The lowest BCUT2D eigenvalue weighted by molar-refractivity contribution is 0.253. The summed E-state index contributed by atoms with van der Waals surface area (Å²) in [5.41, 5.74) is 3.63. The highest BCUT2D eigenvalue weighted by Crippen LogP contribution is 2.27. The molecule has 0 radical (unpaired) electrons. The Morgan fingerprint density at radius 1 is 1.33 bits per heavy atom. The van der Waals surface area contributed by atoms with Gasteiger partial charge in [0.05, 0.1) is 0 Å². The number of halogens is 1. The summed E-state index contributed by atoms with van der Waals surface area (Å²) in [6.07, 6.45) is 6.48. The van der Waals surface area contributed by atoms with Gasteiger partial charge in [0.25, 0.3) is 0 Å². The molecular weight excluding hydrogens is 292 g/mol. The summed E-state index contributed by atoms with van der Waals surface area (Å²) in [4.78, 5) is 13.4. The number of anilines is 1. The van der Waals surface area contributed by atoms with Crippen LogP contribution in [0.2, 0.25) is 0 Å². The molecule has 1 aliphatic rings. The molecule has 1 aliphatic carbocycles. The molecule has 0 spiro atoms. The van der Waals surface area contributed by atoms with Crippen molar-refractivity contribution in [1.29, 1.82) is 0 Å². The number of carbonyl (C=O) groups is 1. The molecule has 0 aromatic heterocycles. The lowest BCUT2D eigenvalue weighted by atomic mass is 9.90. The predicted molar refractivity (Wildman–Crippen MR) is 78.2 cm³/mol. The maximum Gasteiger partial charge on any atom is 0.319 e.